The summed E-state index contributed by atoms with van der Waals surface area (Å²) in [7, 11) is -3.71. The van der Waals surface area contributed by atoms with Crippen molar-refractivity contribution in [2.75, 3.05) is 6.54 Å². The van der Waals surface area contributed by atoms with E-state index in [0.717, 1.165) is 0 Å². The van der Waals surface area contributed by atoms with E-state index < -0.39 is 16.1 Å². The molecule has 2 aromatic heterocycles. The van der Waals surface area contributed by atoms with Gasteiger partial charge in [0.05, 0.1) is 29.5 Å². The number of para-hydroxylation sites is 1. The van der Waals surface area contributed by atoms with Crippen molar-refractivity contribution in [2.24, 2.45) is 0 Å². The first-order valence-electron chi connectivity index (χ1n) is 7.56. The van der Waals surface area contributed by atoms with Gasteiger partial charge in [0.2, 0.25) is 0 Å². The van der Waals surface area contributed by atoms with Crippen LogP contribution in [0.4, 0.5) is 0 Å². The van der Waals surface area contributed by atoms with Gasteiger partial charge in [-0.25, -0.2) is 18.4 Å². The molecule has 1 aliphatic rings. The molecule has 1 aromatic carbocycles. The minimum atomic E-state index is -3.71. The molecule has 124 valence electrons. The van der Waals surface area contributed by atoms with Gasteiger partial charge in [-0.15, -0.1) is 0 Å². The van der Waals surface area contributed by atoms with E-state index in [1.807, 2.05) is 0 Å². The van der Waals surface area contributed by atoms with E-state index in [4.69, 9.17) is 0 Å². The lowest BCUT2D eigenvalue weighted by Gasteiger charge is -2.22. The molecule has 0 amide bonds. The van der Waals surface area contributed by atoms with Crippen molar-refractivity contribution in [1.29, 1.82) is 0 Å². The highest BCUT2D eigenvalue weighted by Crippen LogP contribution is 2.34. The van der Waals surface area contributed by atoms with Crippen molar-refractivity contribution in [3.05, 3.63) is 53.0 Å². The predicted octanol–water partition coefficient (Wildman–Crippen LogP) is 1.17. The largest absolute Gasteiger partial charge is 0.335 e. The minimum Gasteiger partial charge on any atom is -0.335 e. The van der Waals surface area contributed by atoms with Crippen molar-refractivity contribution in [3.63, 3.8) is 0 Å². The first-order valence-corrected chi connectivity index (χ1v) is 9.00. The molecule has 2 N–H and O–H groups in total. The van der Waals surface area contributed by atoms with Crippen molar-refractivity contribution in [1.82, 2.24) is 24.2 Å². The highest BCUT2D eigenvalue weighted by atomic mass is 32.2. The SMILES string of the molecule is O=c1[nH]c(C2CCCN2S(=O)(=O)c2cnc[nH]2)nc2ccccc12. The van der Waals surface area contributed by atoms with E-state index >= 15 is 0 Å². The number of benzene rings is 1. The van der Waals surface area contributed by atoms with Gasteiger partial charge in [0.15, 0.2) is 5.03 Å². The molecule has 0 bridgehead atoms. The first kappa shape index (κ1) is 15.0. The Morgan fingerprint density at radius 1 is 1.25 bits per heavy atom. The molecule has 1 aliphatic heterocycles. The van der Waals surface area contributed by atoms with Crippen LogP contribution in [0.2, 0.25) is 0 Å². The van der Waals surface area contributed by atoms with Gasteiger partial charge < -0.3 is 9.97 Å². The number of rotatable bonds is 3. The Balaban J connectivity index is 1.80. The van der Waals surface area contributed by atoms with E-state index in [9.17, 15) is 13.2 Å². The van der Waals surface area contributed by atoms with Gasteiger partial charge in [0.1, 0.15) is 5.82 Å². The zero-order valence-corrected chi connectivity index (χ0v) is 13.5. The minimum absolute atomic E-state index is 0.0394. The Bertz CT molecular complexity index is 1040. The summed E-state index contributed by atoms with van der Waals surface area (Å²) in [5.41, 5.74) is 0.295. The van der Waals surface area contributed by atoms with Crippen LogP contribution in [-0.4, -0.2) is 39.2 Å². The van der Waals surface area contributed by atoms with Gasteiger partial charge in [0, 0.05) is 6.54 Å². The maximum absolute atomic E-state index is 12.8. The van der Waals surface area contributed by atoms with Crippen molar-refractivity contribution >= 4 is 20.9 Å². The third-order valence-electron chi connectivity index (χ3n) is 4.21. The standard InChI is InChI=1S/C15H15N5O3S/c21-15-10-4-1-2-5-11(10)18-14(19-15)12-6-3-7-20(12)24(22,23)13-8-16-9-17-13/h1-2,4-5,8-9,12H,3,6-7H2,(H,16,17)(H,18,19,21). The number of hydrogen-bond acceptors (Lipinski definition) is 5. The van der Waals surface area contributed by atoms with Crippen LogP contribution in [0, 0.1) is 0 Å². The molecule has 1 saturated heterocycles. The highest BCUT2D eigenvalue weighted by Gasteiger charge is 2.38. The van der Waals surface area contributed by atoms with Crippen LogP contribution in [0.1, 0.15) is 24.7 Å². The molecule has 0 radical (unpaired) electrons. The number of sulfonamides is 1. The molecule has 1 unspecified atom stereocenters. The molecule has 9 heteroatoms. The molecule has 4 rings (SSSR count). The molecule has 0 spiro atoms. The zero-order chi connectivity index (χ0) is 16.7. The molecule has 0 saturated carbocycles. The van der Waals surface area contributed by atoms with Gasteiger partial charge in [0.25, 0.3) is 15.6 Å². The molecule has 1 atom stereocenters. The van der Waals surface area contributed by atoms with Crippen LogP contribution < -0.4 is 5.56 Å². The van der Waals surface area contributed by atoms with Crippen LogP contribution in [0.5, 0.6) is 0 Å². The van der Waals surface area contributed by atoms with Crippen LogP contribution in [-0.2, 0) is 10.0 Å². The number of hydrogen-bond donors (Lipinski definition) is 2. The van der Waals surface area contributed by atoms with Crippen LogP contribution in [0.3, 0.4) is 0 Å². The monoisotopic (exact) mass is 345 g/mol. The number of fused-ring (bicyclic) bond motifs is 1. The Hall–Kier alpha value is -2.52. The second kappa shape index (κ2) is 5.53. The first-order chi connectivity index (χ1) is 11.6. The molecule has 3 heterocycles. The number of aromatic amines is 2. The topological polar surface area (TPSA) is 112 Å². The van der Waals surface area contributed by atoms with Gasteiger partial charge in [-0.2, -0.15) is 4.31 Å². The lowest BCUT2D eigenvalue weighted by molar-refractivity contribution is 0.382. The summed E-state index contributed by atoms with van der Waals surface area (Å²) in [4.78, 5) is 25.9. The summed E-state index contributed by atoms with van der Waals surface area (Å²) < 4.78 is 26.9. The number of nitrogens with zero attached hydrogens (tertiary/aromatic N) is 3. The average Bonchev–Trinajstić information content (AvgIpc) is 3.27. The molecule has 3 aromatic rings. The maximum Gasteiger partial charge on any atom is 0.260 e. The predicted molar refractivity (Wildman–Crippen MR) is 86.8 cm³/mol. The summed E-state index contributed by atoms with van der Waals surface area (Å²) in [5.74, 6) is 0.374. The van der Waals surface area contributed by atoms with E-state index in [0.29, 0.717) is 36.1 Å². The number of nitrogens with one attached hydrogen (secondary N) is 2. The second-order valence-electron chi connectivity index (χ2n) is 5.66. The summed E-state index contributed by atoms with van der Waals surface area (Å²) in [6.45, 7) is 0.378. The highest BCUT2D eigenvalue weighted by molar-refractivity contribution is 7.89. The summed E-state index contributed by atoms with van der Waals surface area (Å²) >= 11 is 0. The fraction of sp³-hybridized carbons (Fsp3) is 0.267. The second-order valence-corrected chi connectivity index (χ2v) is 7.52. The lowest BCUT2D eigenvalue weighted by atomic mass is 10.2. The Morgan fingerprint density at radius 3 is 2.88 bits per heavy atom. The van der Waals surface area contributed by atoms with E-state index in [1.165, 1.54) is 16.8 Å². The van der Waals surface area contributed by atoms with E-state index in [-0.39, 0.29) is 10.6 Å². The average molecular weight is 345 g/mol. The third-order valence-corrected chi connectivity index (χ3v) is 6.04. The molecular weight excluding hydrogens is 330 g/mol. The molecule has 24 heavy (non-hydrogen) atoms. The van der Waals surface area contributed by atoms with Gasteiger partial charge in [-0.3, -0.25) is 4.79 Å². The number of aromatic nitrogens is 4. The smallest absolute Gasteiger partial charge is 0.260 e. The normalized spacial score (nSPS) is 19.1. The van der Waals surface area contributed by atoms with Gasteiger partial charge in [-0.1, -0.05) is 12.1 Å². The quantitative estimate of drug-likeness (QED) is 0.740. The van der Waals surface area contributed by atoms with Crippen LogP contribution in [0.25, 0.3) is 10.9 Å². The maximum atomic E-state index is 12.8. The van der Waals surface area contributed by atoms with Crippen molar-refractivity contribution in [3.8, 4) is 0 Å². The fourth-order valence-electron chi connectivity index (χ4n) is 3.07. The molecular formula is C15H15N5O3S. The lowest BCUT2D eigenvalue weighted by Crippen LogP contribution is -2.32. The van der Waals surface area contributed by atoms with Gasteiger partial charge in [-0.05, 0) is 25.0 Å². The van der Waals surface area contributed by atoms with Crippen molar-refractivity contribution in [2.45, 2.75) is 23.9 Å². The Morgan fingerprint density at radius 2 is 2.08 bits per heavy atom. The summed E-state index contributed by atoms with van der Waals surface area (Å²) in [6, 6.07) is 6.52. The summed E-state index contributed by atoms with van der Waals surface area (Å²) in [6.07, 6.45) is 3.92. The third kappa shape index (κ3) is 2.33. The zero-order valence-electron chi connectivity index (χ0n) is 12.6. The molecule has 0 aliphatic carbocycles. The molecule has 1 fully saturated rings. The summed E-state index contributed by atoms with van der Waals surface area (Å²) in [5, 5.41) is 0.528. The molecule has 8 nitrogen and oxygen atoms in total. The van der Waals surface area contributed by atoms with E-state index in [2.05, 4.69) is 19.9 Å². The van der Waals surface area contributed by atoms with Crippen LogP contribution in [0.15, 0.2) is 46.6 Å². The number of H-pyrrole nitrogens is 2. The fourth-order valence-corrected chi connectivity index (χ4v) is 4.63. The Kier molecular flexibility index (Phi) is 3.47. The van der Waals surface area contributed by atoms with Gasteiger partial charge >= 0.3 is 0 Å². The Labute approximate surface area is 137 Å². The van der Waals surface area contributed by atoms with E-state index in [1.54, 1.807) is 24.3 Å². The number of imidazole rings is 1. The van der Waals surface area contributed by atoms with Crippen LogP contribution >= 0.6 is 0 Å². The van der Waals surface area contributed by atoms with Crippen molar-refractivity contribution < 1.29 is 8.42 Å².